The molecule has 58 valence electrons. The Labute approximate surface area is 68.2 Å². The zero-order chi connectivity index (χ0) is 8.15. The van der Waals surface area contributed by atoms with Crippen LogP contribution in [0, 0.1) is 0 Å². The lowest BCUT2D eigenvalue weighted by Gasteiger charge is -2.05. The third kappa shape index (κ3) is 3.15. The van der Waals surface area contributed by atoms with Crippen molar-refractivity contribution >= 4 is 33.7 Å². The van der Waals surface area contributed by atoms with Gasteiger partial charge in [-0.2, -0.15) is 0 Å². The van der Waals surface area contributed by atoms with Crippen molar-refractivity contribution < 1.29 is 14.3 Å². The van der Waals surface area contributed by atoms with Crippen molar-refractivity contribution in [1.82, 2.24) is 0 Å². The molecular formula is C5H6Cl2O3. The summed E-state index contributed by atoms with van der Waals surface area (Å²) in [6, 6.07) is 0. The smallest absolute Gasteiger partial charge is 0.259 e. The van der Waals surface area contributed by atoms with Crippen LogP contribution in [0.1, 0.15) is 6.92 Å². The topological polar surface area (TPSA) is 43.4 Å². The Bertz CT molecular complexity index is 132. The van der Waals surface area contributed by atoms with Gasteiger partial charge in [0.05, 0.1) is 0 Å². The van der Waals surface area contributed by atoms with Crippen molar-refractivity contribution in [3.05, 3.63) is 0 Å². The van der Waals surface area contributed by atoms with Crippen LogP contribution in [0.4, 0.5) is 0 Å². The van der Waals surface area contributed by atoms with Crippen LogP contribution in [-0.4, -0.2) is 23.2 Å². The first-order valence-electron chi connectivity index (χ1n) is 2.60. The van der Waals surface area contributed by atoms with Crippen LogP contribution in [0.2, 0.25) is 0 Å². The van der Waals surface area contributed by atoms with Gasteiger partial charge in [0.15, 0.2) is 0 Å². The van der Waals surface area contributed by atoms with Gasteiger partial charge in [-0.05, 0) is 30.1 Å². The predicted molar refractivity (Wildman–Crippen MR) is 37.1 cm³/mol. The van der Waals surface area contributed by atoms with Crippen molar-refractivity contribution in [2.75, 3.05) is 6.61 Å². The summed E-state index contributed by atoms with van der Waals surface area (Å²) in [5, 5.41) is -1.77. The Kier molecular flexibility index (Phi) is 4.60. The monoisotopic (exact) mass is 184 g/mol. The molecule has 0 aromatic rings. The highest BCUT2D eigenvalue weighted by Crippen LogP contribution is 2.01. The highest BCUT2D eigenvalue weighted by atomic mass is 35.5. The number of hydrogen-bond donors (Lipinski definition) is 0. The van der Waals surface area contributed by atoms with Crippen LogP contribution in [0.15, 0.2) is 0 Å². The van der Waals surface area contributed by atoms with Gasteiger partial charge in [-0.3, -0.25) is 9.59 Å². The molecule has 0 aliphatic rings. The number of carbonyl (C=O) groups excluding carboxylic acids is 2. The van der Waals surface area contributed by atoms with E-state index in [2.05, 4.69) is 4.74 Å². The van der Waals surface area contributed by atoms with E-state index in [0.717, 1.165) is 0 Å². The van der Waals surface area contributed by atoms with Crippen LogP contribution >= 0.6 is 23.2 Å². The normalized spacial score (nSPS) is 10.0. The maximum Gasteiger partial charge on any atom is 0.259 e. The Morgan fingerprint density at radius 1 is 1.40 bits per heavy atom. The first kappa shape index (κ1) is 9.88. The quantitative estimate of drug-likeness (QED) is 0.483. The minimum absolute atomic E-state index is 0.224. The number of ether oxygens (including phenoxy) is 1. The molecule has 3 nitrogen and oxygen atoms in total. The molecule has 0 atom stereocenters. The fraction of sp³-hybridized carbons (Fsp3) is 0.600. The second-order valence-electron chi connectivity index (χ2n) is 1.44. The van der Waals surface area contributed by atoms with E-state index in [1.54, 1.807) is 6.92 Å². The maximum atomic E-state index is 10.3. The molecule has 10 heavy (non-hydrogen) atoms. The zero-order valence-corrected chi connectivity index (χ0v) is 6.78. The van der Waals surface area contributed by atoms with Gasteiger partial charge < -0.3 is 4.74 Å². The molecule has 0 aromatic heterocycles. The summed E-state index contributed by atoms with van der Waals surface area (Å²) >= 11 is 9.90. The molecular weight excluding hydrogens is 179 g/mol. The van der Waals surface area contributed by atoms with Gasteiger partial charge in [-0.15, -0.1) is 0 Å². The average molecular weight is 185 g/mol. The van der Waals surface area contributed by atoms with E-state index in [0.29, 0.717) is 0 Å². The number of rotatable bonds is 4. The molecule has 0 amide bonds. The molecule has 0 unspecified atom stereocenters. The van der Waals surface area contributed by atoms with E-state index in [4.69, 9.17) is 23.2 Å². The zero-order valence-electron chi connectivity index (χ0n) is 5.27. The van der Waals surface area contributed by atoms with Crippen LogP contribution in [-0.2, 0) is 14.3 Å². The largest absolute Gasteiger partial charge is 0.360 e. The second-order valence-corrected chi connectivity index (χ2v) is 2.19. The van der Waals surface area contributed by atoms with Crippen LogP contribution in [0.25, 0.3) is 0 Å². The standard InChI is InChI=1S/C5H6Cl2O3/c1-2-10-3(4(6)8)5(7)9/h3H,2H2,1H3. The van der Waals surface area contributed by atoms with Crippen molar-refractivity contribution in [3.63, 3.8) is 0 Å². The van der Waals surface area contributed by atoms with E-state index < -0.39 is 16.6 Å². The Morgan fingerprint density at radius 2 is 1.80 bits per heavy atom. The molecule has 0 aliphatic heterocycles. The minimum atomic E-state index is -1.31. The van der Waals surface area contributed by atoms with Gasteiger partial charge >= 0.3 is 0 Å². The molecule has 0 aliphatic carbocycles. The molecule has 0 fully saturated rings. The third-order valence-electron chi connectivity index (χ3n) is 0.746. The molecule has 0 spiro atoms. The summed E-state index contributed by atoms with van der Waals surface area (Å²) in [4.78, 5) is 20.6. The van der Waals surface area contributed by atoms with Gasteiger partial charge in [-0.25, -0.2) is 0 Å². The first-order valence-corrected chi connectivity index (χ1v) is 3.35. The van der Waals surface area contributed by atoms with Gasteiger partial charge in [0.2, 0.25) is 6.10 Å². The molecule has 0 saturated carbocycles. The molecule has 5 heteroatoms. The average Bonchev–Trinajstić information content (AvgIpc) is 1.81. The Balaban J connectivity index is 3.98. The molecule has 0 radical (unpaired) electrons. The van der Waals surface area contributed by atoms with Crippen molar-refractivity contribution in [3.8, 4) is 0 Å². The molecule has 0 bridgehead atoms. The summed E-state index contributed by atoms with van der Waals surface area (Å²) in [5.74, 6) is 0. The fourth-order valence-electron chi connectivity index (χ4n) is 0.387. The minimum Gasteiger partial charge on any atom is -0.360 e. The lowest BCUT2D eigenvalue weighted by Crippen LogP contribution is -2.26. The van der Waals surface area contributed by atoms with Crippen LogP contribution in [0.5, 0.6) is 0 Å². The van der Waals surface area contributed by atoms with Crippen molar-refractivity contribution in [2.24, 2.45) is 0 Å². The second kappa shape index (κ2) is 4.66. The highest BCUT2D eigenvalue weighted by Gasteiger charge is 2.22. The first-order chi connectivity index (χ1) is 4.59. The summed E-state index contributed by atoms with van der Waals surface area (Å²) < 4.78 is 4.60. The van der Waals surface area contributed by atoms with Crippen LogP contribution < -0.4 is 0 Å². The molecule has 0 heterocycles. The number of halogens is 2. The summed E-state index contributed by atoms with van der Waals surface area (Å²) in [7, 11) is 0. The fourth-order valence-corrected chi connectivity index (χ4v) is 0.767. The summed E-state index contributed by atoms with van der Waals surface area (Å²) in [6.07, 6.45) is -1.31. The van der Waals surface area contributed by atoms with Gasteiger partial charge in [0.25, 0.3) is 10.5 Å². The Hall–Kier alpha value is -0.120. The lowest BCUT2D eigenvalue weighted by molar-refractivity contribution is -0.132. The van der Waals surface area contributed by atoms with E-state index >= 15 is 0 Å². The van der Waals surface area contributed by atoms with Crippen LogP contribution in [0.3, 0.4) is 0 Å². The Morgan fingerprint density at radius 3 is 1.90 bits per heavy atom. The SMILES string of the molecule is CCOC(C(=O)Cl)C(=O)Cl. The third-order valence-corrected chi connectivity index (χ3v) is 1.14. The number of hydrogen-bond acceptors (Lipinski definition) is 3. The lowest BCUT2D eigenvalue weighted by atomic mass is 10.4. The van der Waals surface area contributed by atoms with E-state index in [1.807, 2.05) is 0 Å². The molecule has 0 rings (SSSR count). The van der Waals surface area contributed by atoms with E-state index in [-0.39, 0.29) is 6.61 Å². The maximum absolute atomic E-state index is 10.3. The molecule has 0 aromatic carbocycles. The van der Waals surface area contributed by atoms with Gasteiger partial charge in [-0.1, -0.05) is 0 Å². The molecule has 0 N–H and O–H groups in total. The van der Waals surface area contributed by atoms with E-state index in [1.165, 1.54) is 0 Å². The summed E-state index contributed by atoms with van der Waals surface area (Å²) in [5.41, 5.74) is 0. The highest BCUT2D eigenvalue weighted by molar-refractivity contribution is 6.74. The predicted octanol–water partition coefficient (Wildman–Crippen LogP) is 0.922. The van der Waals surface area contributed by atoms with Crippen molar-refractivity contribution in [1.29, 1.82) is 0 Å². The van der Waals surface area contributed by atoms with Gasteiger partial charge in [0, 0.05) is 6.61 Å². The summed E-state index contributed by atoms with van der Waals surface area (Å²) in [6.45, 7) is 1.86. The van der Waals surface area contributed by atoms with Crippen molar-refractivity contribution in [2.45, 2.75) is 13.0 Å². The van der Waals surface area contributed by atoms with E-state index in [9.17, 15) is 9.59 Å². The number of carbonyl (C=O) groups is 2. The van der Waals surface area contributed by atoms with Gasteiger partial charge in [0.1, 0.15) is 0 Å². The molecule has 0 saturated heterocycles.